The first kappa shape index (κ1) is 17.8. The zero-order valence-corrected chi connectivity index (χ0v) is 14.6. The Kier molecular flexibility index (Phi) is 5.60. The van der Waals surface area contributed by atoms with Gasteiger partial charge in [-0.15, -0.1) is 0 Å². The molecule has 0 atom stereocenters. The molecule has 1 heterocycles. The Bertz CT molecular complexity index is 761. The Morgan fingerprint density at radius 3 is 2.72 bits per heavy atom. The summed E-state index contributed by atoms with van der Waals surface area (Å²) in [6.07, 6.45) is 4.59. The maximum atomic E-state index is 10.6. The fourth-order valence-corrected chi connectivity index (χ4v) is 3.62. The van der Waals surface area contributed by atoms with Gasteiger partial charge in [0.25, 0.3) is 0 Å². The van der Waals surface area contributed by atoms with Crippen molar-refractivity contribution in [3.05, 3.63) is 35.0 Å². The highest BCUT2D eigenvalue weighted by atomic mass is 35.5. The lowest BCUT2D eigenvalue weighted by Crippen LogP contribution is -2.33. The van der Waals surface area contributed by atoms with Crippen LogP contribution in [0.3, 0.4) is 0 Å². The summed E-state index contributed by atoms with van der Waals surface area (Å²) < 4.78 is 0. The fraction of sp³-hybridized carbons (Fsp3) is 0.444. The van der Waals surface area contributed by atoms with Gasteiger partial charge in [0.05, 0.1) is 17.8 Å². The second kappa shape index (κ2) is 7.89. The molecule has 0 aliphatic heterocycles. The maximum Gasteiger partial charge on any atom is 0.404 e. The minimum atomic E-state index is -0.965. The predicted molar refractivity (Wildman–Crippen MR) is 98.1 cm³/mol. The smallest absolute Gasteiger partial charge is 0.404 e. The number of halogens is 1. The number of amides is 1. The summed E-state index contributed by atoms with van der Waals surface area (Å²) in [5, 5.41) is 25.9. The highest BCUT2D eigenvalue weighted by Crippen LogP contribution is 2.32. The number of carbonyl (C=O) groups is 1. The average molecular weight is 364 g/mol. The minimum Gasteiger partial charge on any atom is -0.465 e. The van der Waals surface area contributed by atoms with Crippen LogP contribution in [-0.2, 0) is 6.61 Å². The van der Waals surface area contributed by atoms with Gasteiger partial charge in [-0.25, -0.2) is 4.79 Å². The van der Waals surface area contributed by atoms with Gasteiger partial charge in [-0.3, -0.25) is 4.98 Å². The van der Waals surface area contributed by atoms with Gasteiger partial charge in [0.1, 0.15) is 0 Å². The Hall–Kier alpha value is -2.05. The topological polar surface area (TPSA) is 94.5 Å². The van der Waals surface area contributed by atoms with Crippen molar-refractivity contribution in [3.8, 4) is 0 Å². The van der Waals surface area contributed by atoms with Gasteiger partial charge in [-0.2, -0.15) is 0 Å². The van der Waals surface area contributed by atoms with Crippen LogP contribution in [0.25, 0.3) is 10.9 Å². The van der Waals surface area contributed by atoms with Crippen LogP contribution in [0.15, 0.2) is 24.4 Å². The molecule has 1 amide bonds. The van der Waals surface area contributed by atoms with Gasteiger partial charge in [-0.1, -0.05) is 11.6 Å². The molecule has 7 heteroatoms. The van der Waals surface area contributed by atoms with Crippen molar-refractivity contribution in [1.29, 1.82) is 0 Å². The molecule has 0 unspecified atom stereocenters. The molecule has 0 bridgehead atoms. The lowest BCUT2D eigenvalue weighted by molar-refractivity contribution is 0.190. The number of carboxylic acid groups (broad SMARTS) is 1. The van der Waals surface area contributed by atoms with E-state index in [1.807, 2.05) is 12.1 Å². The number of benzene rings is 1. The summed E-state index contributed by atoms with van der Waals surface area (Å²) in [6, 6.07) is 5.84. The number of aromatic nitrogens is 1. The summed E-state index contributed by atoms with van der Waals surface area (Å²) in [6.45, 7) is 0.424. The largest absolute Gasteiger partial charge is 0.465 e. The van der Waals surface area contributed by atoms with E-state index in [4.69, 9.17) is 16.7 Å². The van der Waals surface area contributed by atoms with E-state index in [-0.39, 0.29) is 12.6 Å². The predicted octanol–water partition coefficient (Wildman–Crippen LogP) is 3.62. The first-order valence-electron chi connectivity index (χ1n) is 8.48. The maximum absolute atomic E-state index is 10.6. The molecule has 1 saturated carbocycles. The summed E-state index contributed by atoms with van der Waals surface area (Å²) in [5.74, 6) is 0.384. The summed E-state index contributed by atoms with van der Waals surface area (Å²) >= 11 is 6.14. The third-order valence-electron chi connectivity index (χ3n) is 4.82. The van der Waals surface area contributed by atoms with Crippen LogP contribution < -0.4 is 10.6 Å². The van der Waals surface area contributed by atoms with Crippen LogP contribution in [0, 0.1) is 5.92 Å². The Morgan fingerprint density at radius 1 is 1.28 bits per heavy atom. The minimum absolute atomic E-state index is 0.0876. The molecule has 1 aromatic carbocycles. The van der Waals surface area contributed by atoms with E-state index in [2.05, 4.69) is 15.6 Å². The normalized spacial score (nSPS) is 20.4. The highest BCUT2D eigenvalue weighted by molar-refractivity contribution is 6.31. The molecule has 4 N–H and O–H groups in total. The van der Waals surface area contributed by atoms with Crippen LogP contribution in [0.4, 0.5) is 10.5 Å². The van der Waals surface area contributed by atoms with Crippen molar-refractivity contribution >= 4 is 34.3 Å². The number of fused-ring (bicyclic) bond motifs is 1. The number of rotatable bonds is 5. The van der Waals surface area contributed by atoms with Crippen molar-refractivity contribution < 1.29 is 15.0 Å². The van der Waals surface area contributed by atoms with Crippen LogP contribution in [0.1, 0.15) is 31.2 Å². The summed E-state index contributed by atoms with van der Waals surface area (Å²) in [7, 11) is 0. The van der Waals surface area contributed by atoms with Crippen LogP contribution >= 0.6 is 11.6 Å². The molecule has 2 aromatic rings. The molecule has 134 valence electrons. The van der Waals surface area contributed by atoms with E-state index in [1.54, 1.807) is 12.3 Å². The average Bonchev–Trinajstić information content (AvgIpc) is 2.61. The SMILES string of the molecule is O=C(O)NC[C@H]1CC[C@H](Nc2c(CO)cnc3ccc(Cl)cc23)CC1. The Balaban J connectivity index is 1.73. The van der Waals surface area contributed by atoms with E-state index in [9.17, 15) is 9.90 Å². The van der Waals surface area contributed by atoms with Gasteiger partial charge < -0.3 is 20.8 Å². The van der Waals surface area contributed by atoms with Crippen molar-refractivity contribution in [1.82, 2.24) is 10.3 Å². The van der Waals surface area contributed by atoms with Crippen molar-refractivity contribution in [2.45, 2.75) is 38.3 Å². The molecular formula is C18H22ClN3O3. The first-order valence-corrected chi connectivity index (χ1v) is 8.86. The quantitative estimate of drug-likeness (QED) is 0.651. The number of pyridine rings is 1. The van der Waals surface area contributed by atoms with Crippen molar-refractivity contribution in [2.24, 2.45) is 5.92 Å². The Morgan fingerprint density at radius 2 is 2.04 bits per heavy atom. The van der Waals surface area contributed by atoms with Crippen molar-refractivity contribution in [3.63, 3.8) is 0 Å². The van der Waals surface area contributed by atoms with Crippen LogP contribution in [0.2, 0.25) is 5.02 Å². The third-order valence-corrected chi connectivity index (χ3v) is 5.05. The number of hydrogen-bond donors (Lipinski definition) is 4. The molecule has 6 nitrogen and oxygen atoms in total. The van der Waals surface area contributed by atoms with E-state index < -0.39 is 6.09 Å². The lowest BCUT2D eigenvalue weighted by atomic mass is 9.85. The Labute approximate surface area is 151 Å². The number of hydrogen-bond acceptors (Lipinski definition) is 4. The molecule has 1 aliphatic rings. The monoisotopic (exact) mass is 363 g/mol. The summed E-state index contributed by atoms with van der Waals surface area (Å²) in [5.41, 5.74) is 2.48. The van der Waals surface area contributed by atoms with E-state index in [1.165, 1.54) is 0 Å². The highest BCUT2D eigenvalue weighted by Gasteiger charge is 2.22. The number of nitrogens with one attached hydrogen (secondary N) is 2. The number of nitrogens with zero attached hydrogens (tertiary/aromatic N) is 1. The second-order valence-corrected chi connectivity index (χ2v) is 6.96. The number of aliphatic hydroxyl groups is 1. The standard InChI is InChI=1S/C18H22ClN3O3/c19-13-3-6-16-15(7-13)17(12(10-23)9-20-16)22-14-4-1-11(2-5-14)8-21-18(24)25/h3,6-7,9,11,14,21,23H,1-2,4-5,8,10H2,(H,20,22)(H,24,25)/t11-,14-. The zero-order valence-electron chi connectivity index (χ0n) is 13.8. The molecular weight excluding hydrogens is 342 g/mol. The van der Waals surface area contributed by atoms with Crippen LogP contribution in [0.5, 0.6) is 0 Å². The first-order chi connectivity index (χ1) is 12.1. The molecule has 0 spiro atoms. The molecule has 25 heavy (non-hydrogen) atoms. The molecule has 0 radical (unpaired) electrons. The van der Waals surface area contributed by atoms with E-state index >= 15 is 0 Å². The summed E-state index contributed by atoms with van der Waals surface area (Å²) in [4.78, 5) is 15.0. The van der Waals surface area contributed by atoms with Gasteiger partial charge in [-0.05, 0) is 49.8 Å². The number of anilines is 1. The third kappa shape index (κ3) is 4.32. The zero-order chi connectivity index (χ0) is 17.8. The number of aliphatic hydroxyl groups excluding tert-OH is 1. The second-order valence-electron chi connectivity index (χ2n) is 6.53. The van der Waals surface area contributed by atoms with Gasteiger partial charge in [0.15, 0.2) is 0 Å². The molecule has 1 aromatic heterocycles. The molecule has 1 fully saturated rings. The van der Waals surface area contributed by atoms with E-state index in [0.717, 1.165) is 47.8 Å². The van der Waals surface area contributed by atoms with Crippen molar-refractivity contribution in [2.75, 3.05) is 11.9 Å². The van der Waals surface area contributed by atoms with Gasteiger partial charge in [0, 0.05) is 34.8 Å². The fourth-order valence-electron chi connectivity index (χ4n) is 3.44. The molecule has 3 rings (SSSR count). The van der Waals surface area contributed by atoms with Crippen LogP contribution in [-0.4, -0.2) is 33.9 Å². The molecule has 0 saturated heterocycles. The van der Waals surface area contributed by atoms with Gasteiger partial charge in [0.2, 0.25) is 0 Å². The lowest BCUT2D eigenvalue weighted by Gasteiger charge is -2.30. The van der Waals surface area contributed by atoms with E-state index in [0.29, 0.717) is 17.5 Å². The van der Waals surface area contributed by atoms with Gasteiger partial charge >= 0.3 is 6.09 Å². The molecule has 1 aliphatic carbocycles.